The van der Waals surface area contributed by atoms with Crippen molar-refractivity contribution in [2.45, 2.75) is 33.2 Å². The van der Waals surface area contributed by atoms with Crippen LogP contribution in [0.15, 0.2) is 18.2 Å². The molecule has 1 rings (SSSR count). The van der Waals surface area contributed by atoms with Gasteiger partial charge in [0.1, 0.15) is 5.82 Å². The van der Waals surface area contributed by atoms with E-state index in [-0.39, 0.29) is 23.6 Å². The van der Waals surface area contributed by atoms with Gasteiger partial charge in [-0.25, -0.2) is 4.39 Å². The minimum atomic E-state index is -0.510. The minimum absolute atomic E-state index is 0.0777. The fourth-order valence-electron chi connectivity index (χ4n) is 1.44. The first-order chi connectivity index (χ1) is 7.71. The van der Waals surface area contributed by atoms with Gasteiger partial charge in [-0.05, 0) is 24.0 Å². The van der Waals surface area contributed by atoms with E-state index in [1.165, 1.54) is 12.1 Å². The van der Waals surface area contributed by atoms with Gasteiger partial charge in [-0.1, -0.05) is 20.8 Å². The van der Waals surface area contributed by atoms with Gasteiger partial charge < -0.3 is 5.73 Å². The maximum absolute atomic E-state index is 13.1. The first-order valence-electron chi connectivity index (χ1n) is 5.40. The van der Waals surface area contributed by atoms with Crippen LogP contribution in [0.4, 0.5) is 10.1 Å². The molecule has 1 atom stereocenters. The second-order valence-corrected chi connectivity index (χ2v) is 5.21. The van der Waals surface area contributed by atoms with Crippen LogP contribution in [0.3, 0.4) is 0 Å². The largest absolute Gasteiger partial charge is 0.327 e. The molecule has 0 aliphatic heterocycles. The van der Waals surface area contributed by atoms with Gasteiger partial charge in [-0.2, -0.15) is 0 Å². The van der Waals surface area contributed by atoms with Crippen LogP contribution >= 0.6 is 0 Å². The van der Waals surface area contributed by atoms with E-state index in [0.717, 1.165) is 6.07 Å². The number of nitrogens with two attached hydrogens (primary N) is 1. The summed E-state index contributed by atoms with van der Waals surface area (Å²) in [5, 5.41) is 10.8. The van der Waals surface area contributed by atoms with Crippen molar-refractivity contribution in [1.82, 2.24) is 0 Å². The number of rotatable bonds is 3. The molecule has 0 fully saturated rings. The summed E-state index contributed by atoms with van der Waals surface area (Å²) in [6, 6.07) is 3.19. The Labute approximate surface area is 99.8 Å². The van der Waals surface area contributed by atoms with Crippen molar-refractivity contribution in [2.24, 2.45) is 11.1 Å². The van der Waals surface area contributed by atoms with Crippen LogP contribution < -0.4 is 5.73 Å². The van der Waals surface area contributed by atoms with E-state index in [1.54, 1.807) is 0 Å². The molecular weight excluding hydrogens is 223 g/mol. The zero-order valence-corrected chi connectivity index (χ0v) is 10.2. The number of halogens is 1. The molecule has 0 aromatic heterocycles. The van der Waals surface area contributed by atoms with E-state index in [9.17, 15) is 14.5 Å². The highest BCUT2D eigenvalue weighted by Crippen LogP contribution is 2.26. The Bertz CT molecular complexity index is 427. The lowest BCUT2D eigenvalue weighted by Gasteiger charge is -2.26. The lowest BCUT2D eigenvalue weighted by atomic mass is 9.83. The molecule has 0 saturated heterocycles. The number of nitro groups is 1. The first-order valence-corrected chi connectivity index (χ1v) is 5.40. The molecule has 0 aliphatic carbocycles. The molecule has 1 unspecified atom stereocenters. The Morgan fingerprint density at radius 2 is 2.06 bits per heavy atom. The maximum atomic E-state index is 13.1. The topological polar surface area (TPSA) is 69.2 Å². The van der Waals surface area contributed by atoms with Crippen LogP contribution in [0.2, 0.25) is 0 Å². The normalized spacial score (nSPS) is 13.5. The van der Waals surface area contributed by atoms with Crippen molar-refractivity contribution in [3.05, 3.63) is 39.7 Å². The second kappa shape index (κ2) is 4.79. The van der Waals surface area contributed by atoms with Gasteiger partial charge in [0.15, 0.2) is 0 Å². The number of benzene rings is 1. The van der Waals surface area contributed by atoms with Crippen molar-refractivity contribution in [1.29, 1.82) is 0 Å². The Balaban J connectivity index is 3.04. The molecule has 5 heteroatoms. The number of hydrogen-bond donors (Lipinski definition) is 1. The van der Waals surface area contributed by atoms with E-state index in [4.69, 9.17) is 5.73 Å². The van der Waals surface area contributed by atoms with E-state index >= 15 is 0 Å². The zero-order valence-electron chi connectivity index (χ0n) is 10.2. The summed E-state index contributed by atoms with van der Waals surface area (Å²) in [5.74, 6) is -0.480. The Kier molecular flexibility index (Phi) is 3.83. The van der Waals surface area contributed by atoms with Crippen LogP contribution in [0.5, 0.6) is 0 Å². The quantitative estimate of drug-likeness (QED) is 0.652. The van der Waals surface area contributed by atoms with Crippen LogP contribution in [0.1, 0.15) is 26.3 Å². The summed E-state index contributed by atoms with van der Waals surface area (Å²) in [4.78, 5) is 10.3. The molecule has 17 heavy (non-hydrogen) atoms. The molecule has 0 amide bonds. The summed E-state index contributed by atoms with van der Waals surface area (Å²) >= 11 is 0. The van der Waals surface area contributed by atoms with E-state index in [2.05, 4.69) is 0 Å². The predicted octanol–water partition coefficient (Wildman–Crippen LogP) is 2.65. The van der Waals surface area contributed by atoms with Gasteiger partial charge in [-0.15, -0.1) is 0 Å². The molecule has 0 bridgehead atoms. The molecule has 0 spiro atoms. The molecule has 0 saturated carbocycles. The average molecular weight is 240 g/mol. The zero-order chi connectivity index (χ0) is 13.2. The maximum Gasteiger partial charge on any atom is 0.272 e. The Morgan fingerprint density at radius 3 is 2.53 bits per heavy atom. The molecule has 94 valence electrons. The molecule has 0 heterocycles. The van der Waals surface area contributed by atoms with Gasteiger partial charge in [0, 0.05) is 17.7 Å². The summed E-state index contributed by atoms with van der Waals surface area (Å²) < 4.78 is 13.1. The van der Waals surface area contributed by atoms with Crippen molar-refractivity contribution in [3.63, 3.8) is 0 Å². The monoisotopic (exact) mass is 240 g/mol. The van der Waals surface area contributed by atoms with Gasteiger partial charge >= 0.3 is 0 Å². The molecule has 1 aromatic carbocycles. The predicted molar refractivity (Wildman–Crippen MR) is 64.2 cm³/mol. The third kappa shape index (κ3) is 3.49. The molecule has 0 aliphatic rings. The highest BCUT2D eigenvalue weighted by molar-refractivity contribution is 5.41. The number of hydrogen-bond acceptors (Lipinski definition) is 3. The Morgan fingerprint density at radius 1 is 1.47 bits per heavy atom. The van der Waals surface area contributed by atoms with Gasteiger partial charge in [0.05, 0.1) is 4.92 Å². The van der Waals surface area contributed by atoms with Crippen LogP contribution in [0.25, 0.3) is 0 Å². The molecule has 0 radical (unpaired) electrons. The van der Waals surface area contributed by atoms with Gasteiger partial charge in [0.25, 0.3) is 5.69 Å². The van der Waals surface area contributed by atoms with E-state index < -0.39 is 10.7 Å². The molecule has 2 N–H and O–H groups in total. The van der Waals surface area contributed by atoms with Crippen LogP contribution in [-0.2, 0) is 6.42 Å². The standard InChI is InChI=1S/C12H17FN2O2/c1-12(2,3)11(14)7-8-6-9(13)4-5-10(8)15(16)17/h4-6,11H,7,14H2,1-3H3. The van der Waals surface area contributed by atoms with Gasteiger partial charge in [0.2, 0.25) is 0 Å². The lowest BCUT2D eigenvalue weighted by molar-refractivity contribution is -0.385. The van der Waals surface area contributed by atoms with E-state index in [1.807, 2.05) is 20.8 Å². The highest BCUT2D eigenvalue weighted by atomic mass is 19.1. The number of nitrogens with zero attached hydrogens (tertiary/aromatic N) is 1. The first kappa shape index (κ1) is 13.6. The Hall–Kier alpha value is -1.49. The second-order valence-electron chi connectivity index (χ2n) is 5.21. The van der Waals surface area contributed by atoms with Crippen LogP contribution in [-0.4, -0.2) is 11.0 Å². The lowest BCUT2D eigenvalue weighted by Crippen LogP contribution is -2.37. The molecule has 4 nitrogen and oxygen atoms in total. The summed E-state index contributed by atoms with van der Waals surface area (Å²) in [5.41, 5.74) is 6.04. The average Bonchev–Trinajstić information content (AvgIpc) is 2.15. The van der Waals surface area contributed by atoms with Crippen LogP contribution in [0, 0.1) is 21.3 Å². The van der Waals surface area contributed by atoms with Gasteiger partial charge in [-0.3, -0.25) is 10.1 Å². The smallest absolute Gasteiger partial charge is 0.272 e. The highest BCUT2D eigenvalue weighted by Gasteiger charge is 2.24. The van der Waals surface area contributed by atoms with E-state index in [0.29, 0.717) is 5.56 Å². The van der Waals surface area contributed by atoms with Crippen molar-refractivity contribution in [2.75, 3.05) is 0 Å². The molecule has 1 aromatic rings. The third-order valence-electron chi connectivity index (χ3n) is 2.79. The summed E-state index contributed by atoms with van der Waals surface area (Å²) in [6.45, 7) is 5.84. The number of nitro benzene ring substituents is 1. The minimum Gasteiger partial charge on any atom is -0.327 e. The fraction of sp³-hybridized carbons (Fsp3) is 0.500. The SMILES string of the molecule is CC(C)(C)C(N)Cc1cc(F)ccc1[N+](=O)[O-]. The summed E-state index contributed by atoms with van der Waals surface area (Å²) in [7, 11) is 0. The molecular formula is C12H17FN2O2. The van der Waals surface area contributed by atoms with Crippen molar-refractivity contribution < 1.29 is 9.31 Å². The fourth-order valence-corrected chi connectivity index (χ4v) is 1.44. The van der Waals surface area contributed by atoms with Crippen molar-refractivity contribution in [3.8, 4) is 0 Å². The third-order valence-corrected chi connectivity index (χ3v) is 2.79. The summed E-state index contributed by atoms with van der Waals surface area (Å²) in [6.07, 6.45) is 0.289. The van der Waals surface area contributed by atoms with Crippen molar-refractivity contribution >= 4 is 5.69 Å².